The predicted octanol–water partition coefficient (Wildman–Crippen LogP) is 1.76. The second kappa shape index (κ2) is 7.19. The summed E-state index contributed by atoms with van der Waals surface area (Å²) < 4.78 is 10.7. The van der Waals surface area contributed by atoms with Crippen molar-refractivity contribution in [3.8, 4) is 0 Å². The quantitative estimate of drug-likeness (QED) is 0.790. The number of rotatable bonds is 3. The van der Waals surface area contributed by atoms with Crippen LogP contribution in [0.5, 0.6) is 0 Å². The molecule has 1 aliphatic rings. The molecule has 5 heteroatoms. The van der Waals surface area contributed by atoms with E-state index in [1.165, 1.54) is 0 Å². The zero-order chi connectivity index (χ0) is 12.2. The Balaban J connectivity index is 0.00000256. The topological polar surface area (TPSA) is 47.6 Å². The van der Waals surface area contributed by atoms with E-state index < -0.39 is 5.60 Å². The monoisotopic (exact) mass is 265 g/mol. The molecule has 0 bridgehead atoms. The summed E-state index contributed by atoms with van der Waals surface area (Å²) >= 11 is 0. The molecule has 0 radical (unpaired) electrons. The zero-order valence-corrected chi connectivity index (χ0v) is 11.9. The third-order valence-electron chi connectivity index (χ3n) is 2.69. The van der Waals surface area contributed by atoms with Crippen molar-refractivity contribution in [1.82, 2.24) is 5.32 Å². The van der Waals surface area contributed by atoms with Crippen molar-refractivity contribution >= 4 is 18.4 Å². The highest BCUT2D eigenvalue weighted by Gasteiger charge is 2.28. The summed E-state index contributed by atoms with van der Waals surface area (Å²) in [7, 11) is 1.71. The first-order valence-electron chi connectivity index (χ1n) is 5.88. The molecule has 17 heavy (non-hydrogen) atoms. The van der Waals surface area contributed by atoms with Gasteiger partial charge in [0.05, 0.1) is 12.5 Å². The average Bonchev–Trinajstić information content (AvgIpc) is 2.15. The first kappa shape index (κ1) is 16.7. The lowest BCUT2D eigenvalue weighted by Crippen LogP contribution is -2.42. The van der Waals surface area contributed by atoms with Gasteiger partial charge in [-0.05, 0) is 33.7 Å². The van der Waals surface area contributed by atoms with E-state index in [-0.39, 0.29) is 30.4 Å². The summed E-state index contributed by atoms with van der Waals surface area (Å²) in [5.74, 6) is 0.0943. The minimum atomic E-state index is -0.401. The molecule has 1 saturated heterocycles. The van der Waals surface area contributed by atoms with E-state index >= 15 is 0 Å². The molecule has 1 rings (SSSR count). The molecule has 1 N–H and O–H groups in total. The molecule has 102 valence electrons. The van der Waals surface area contributed by atoms with Gasteiger partial charge in [-0.3, -0.25) is 4.79 Å². The Morgan fingerprint density at radius 2 is 2.06 bits per heavy atom. The number of piperidine rings is 1. The van der Waals surface area contributed by atoms with Crippen LogP contribution < -0.4 is 5.32 Å². The highest BCUT2D eigenvalue weighted by Crippen LogP contribution is 2.20. The van der Waals surface area contributed by atoms with Crippen molar-refractivity contribution in [3.05, 3.63) is 0 Å². The Morgan fingerprint density at radius 1 is 1.41 bits per heavy atom. The van der Waals surface area contributed by atoms with E-state index in [4.69, 9.17) is 9.47 Å². The number of ether oxygens (including phenoxy) is 2. The average molecular weight is 266 g/mol. The Labute approximate surface area is 110 Å². The third kappa shape index (κ3) is 6.24. The van der Waals surface area contributed by atoms with Crippen LogP contribution in [0.25, 0.3) is 0 Å². The number of carbonyl (C=O) groups excluding carboxylic acids is 1. The van der Waals surface area contributed by atoms with Crippen LogP contribution in [-0.2, 0) is 14.3 Å². The summed E-state index contributed by atoms with van der Waals surface area (Å²) in [6.45, 7) is 7.45. The van der Waals surface area contributed by atoms with Crippen LogP contribution in [0.4, 0.5) is 0 Å². The van der Waals surface area contributed by atoms with Crippen molar-refractivity contribution in [2.45, 2.75) is 45.3 Å². The maximum Gasteiger partial charge on any atom is 0.306 e. The molecule has 1 aliphatic heterocycles. The number of halogens is 1. The van der Waals surface area contributed by atoms with Crippen molar-refractivity contribution in [2.24, 2.45) is 5.92 Å². The first-order valence-corrected chi connectivity index (χ1v) is 5.88. The van der Waals surface area contributed by atoms with Gasteiger partial charge in [0, 0.05) is 19.6 Å². The molecule has 0 spiro atoms. The van der Waals surface area contributed by atoms with E-state index in [0.717, 1.165) is 19.5 Å². The molecule has 4 nitrogen and oxygen atoms in total. The van der Waals surface area contributed by atoms with Crippen molar-refractivity contribution in [3.63, 3.8) is 0 Å². The van der Waals surface area contributed by atoms with E-state index in [2.05, 4.69) is 5.32 Å². The van der Waals surface area contributed by atoms with Gasteiger partial charge in [-0.25, -0.2) is 0 Å². The van der Waals surface area contributed by atoms with Gasteiger partial charge < -0.3 is 14.8 Å². The van der Waals surface area contributed by atoms with Gasteiger partial charge >= 0.3 is 5.97 Å². The van der Waals surface area contributed by atoms with Crippen LogP contribution in [0, 0.1) is 5.92 Å². The molecular formula is C12H24ClNO3. The third-order valence-corrected chi connectivity index (χ3v) is 2.69. The van der Waals surface area contributed by atoms with Crippen LogP contribution in [0.3, 0.4) is 0 Å². The smallest absolute Gasteiger partial charge is 0.306 e. The molecule has 0 saturated carbocycles. The predicted molar refractivity (Wildman–Crippen MR) is 69.5 cm³/mol. The van der Waals surface area contributed by atoms with Gasteiger partial charge in [-0.15, -0.1) is 12.4 Å². The van der Waals surface area contributed by atoms with Crippen LogP contribution in [0.15, 0.2) is 0 Å². The fraction of sp³-hybridized carbons (Fsp3) is 0.917. The number of hydrogen-bond donors (Lipinski definition) is 1. The zero-order valence-electron chi connectivity index (χ0n) is 11.1. The second-order valence-corrected chi connectivity index (χ2v) is 5.32. The molecule has 0 aliphatic carbocycles. The molecule has 0 aromatic rings. The van der Waals surface area contributed by atoms with Crippen LogP contribution in [0.1, 0.15) is 33.6 Å². The standard InChI is InChI=1S/C12H23NO3.ClH/c1-12(2,3)16-11(14)7-9-8-13-6-5-10(9)15-4;/h9-10,13H,5-8H2,1-4H3;1H/t9-,10+;/m1./s1. The van der Waals surface area contributed by atoms with Crippen molar-refractivity contribution < 1.29 is 14.3 Å². The maximum atomic E-state index is 11.7. The second-order valence-electron chi connectivity index (χ2n) is 5.32. The van der Waals surface area contributed by atoms with Crippen LogP contribution >= 0.6 is 12.4 Å². The maximum absolute atomic E-state index is 11.7. The molecule has 1 fully saturated rings. The Hall–Kier alpha value is -0.320. The molecule has 1 heterocycles. The number of esters is 1. The molecule has 2 atom stereocenters. The summed E-state index contributed by atoms with van der Waals surface area (Å²) in [5.41, 5.74) is -0.401. The van der Waals surface area contributed by atoms with Gasteiger partial charge in [0.2, 0.25) is 0 Å². The van der Waals surface area contributed by atoms with E-state index in [0.29, 0.717) is 6.42 Å². The van der Waals surface area contributed by atoms with Gasteiger partial charge in [0.1, 0.15) is 5.60 Å². The largest absolute Gasteiger partial charge is 0.460 e. The Kier molecular flexibility index (Phi) is 7.05. The van der Waals surface area contributed by atoms with Gasteiger partial charge in [0.25, 0.3) is 0 Å². The lowest BCUT2D eigenvalue weighted by atomic mass is 9.93. The van der Waals surface area contributed by atoms with Crippen LogP contribution in [-0.4, -0.2) is 37.9 Å². The fourth-order valence-electron chi connectivity index (χ4n) is 2.01. The number of methoxy groups -OCH3 is 1. The van der Waals surface area contributed by atoms with Gasteiger partial charge in [-0.2, -0.15) is 0 Å². The highest BCUT2D eigenvalue weighted by atomic mass is 35.5. The Bertz CT molecular complexity index is 240. The summed E-state index contributed by atoms with van der Waals surface area (Å²) in [4.78, 5) is 11.7. The van der Waals surface area contributed by atoms with Crippen LogP contribution in [0.2, 0.25) is 0 Å². The first-order chi connectivity index (χ1) is 7.42. The number of nitrogens with one attached hydrogen (secondary N) is 1. The fourth-order valence-corrected chi connectivity index (χ4v) is 2.01. The molecule has 0 aromatic heterocycles. The van der Waals surface area contributed by atoms with Gasteiger partial charge in [-0.1, -0.05) is 0 Å². The SMILES string of the molecule is CO[C@H]1CCNC[C@H]1CC(=O)OC(C)(C)C.Cl. The highest BCUT2D eigenvalue weighted by molar-refractivity contribution is 5.85. The summed E-state index contributed by atoms with van der Waals surface area (Å²) in [5, 5.41) is 3.28. The number of hydrogen-bond acceptors (Lipinski definition) is 4. The van der Waals surface area contributed by atoms with Gasteiger partial charge in [0.15, 0.2) is 0 Å². The van der Waals surface area contributed by atoms with E-state index in [1.807, 2.05) is 20.8 Å². The van der Waals surface area contributed by atoms with Crippen molar-refractivity contribution in [1.29, 1.82) is 0 Å². The van der Waals surface area contributed by atoms with Crippen molar-refractivity contribution in [2.75, 3.05) is 20.2 Å². The van der Waals surface area contributed by atoms with E-state index in [1.54, 1.807) is 7.11 Å². The number of carbonyl (C=O) groups is 1. The normalized spacial score (nSPS) is 24.9. The summed E-state index contributed by atoms with van der Waals surface area (Å²) in [6, 6.07) is 0. The Morgan fingerprint density at radius 3 is 2.59 bits per heavy atom. The summed E-state index contributed by atoms with van der Waals surface area (Å²) in [6.07, 6.45) is 1.57. The molecule has 0 aromatic carbocycles. The lowest BCUT2D eigenvalue weighted by molar-refractivity contribution is -0.157. The minimum absolute atomic E-state index is 0. The lowest BCUT2D eigenvalue weighted by Gasteiger charge is -2.31. The molecule has 0 amide bonds. The minimum Gasteiger partial charge on any atom is -0.460 e. The molecule has 0 unspecified atom stereocenters. The van der Waals surface area contributed by atoms with E-state index in [9.17, 15) is 4.79 Å². The molecular weight excluding hydrogens is 242 g/mol.